The minimum Gasteiger partial charge on any atom is -0.489 e. The lowest BCUT2D eigenvalue weighted by Gasteiger charge is -2.17. The molecule has 4 nitrogen and oxygen atoms in total. The van der Waals surface area contributed by atoms with E-state index in [4.69, 9.17) is 37.4 Å². The van der Waals surface area contributed by atoms with E-state index in [1.54, 1.807) is 20.3 Å². The molecule has 0 radical (unpaired) electrons. The van der Waals surface area contributed by atoms with Crippen LogP contribution in [0.15, 0.2) is 12.1 Å². The van der Waals surface area contributed by atoms with Gasteiger partial charge in [0, 0.05) is 37.9 Å². The van der Waals surface area contributed by atoms with Crippen molar-refractivity contribution in [2.45, 2.75) is 19.6 Å². The molecule has 0 saturated carbocycles. The van der Waals surface area contributed by atoms with E-state index in [0.717, 1.165) is 12.1 Å². The molecule has 0 aliphatic heterocycles. The van der Waals surface area contributed by atoms with Crippen LogP contribution in [0.25, 0.3) is 0 Å². The number of nitrogens with one attached hydrogen (secondary N) is 1. The van der Waals surface area contributed by atoms with Gasteiger partial charge in [0.05, 0.1) is 17.7 Å². The number of hydrogen-bond acceptors (Lipinski definition) is 4. The molecular weight excluding hydrogens is 301 g/mol. The number of rotatable bonds is 9. The Kier molecular flexibility index (Phi) is 8.26. The molecule has 0 saturated heterocycles. The molecule has 1 rings (SSSR count). The van der Waals surface area contributed by atoms with E-state index in [1.807, 2.05) is 13.0 Å². The van der Waals surface area contributed by atoms with Crippen LogP contribution in [-0.2, 0) is 16.0 Å². The highest BCUT2D eigenvalue weighted by atomic mass is 35.5. The van der Waals surface area contributed by atoms with E-state index >= 15 is 0 Å². The lowest BCUT2D eigenvalue weighted by atomic mass is 10.2. The molecule has 0 aromatic heterocycles. The smallest absolute Gasteiger partial charge is 0.142 e. The maximum Gasteiger partial charge on any atom is 0.142 e. The van der Waals surface area contributed by atoms with Crippen LogP contribution in [0.3, 0.4) is 0 Å². The molecule has 1 aromatic rings. The van der Waals surface area contributed by atoms with Gasteiger partial charge in [-0.3, -0.25) is 0 Å². The van der Waals surface area contributed by atoms with Gasteiger partial charge >= 0.3 is 0 Å². The van der Waals surface area contributed by atoms with E-state index < -0.39 is 0 Å². The predicted octanol–water partition coefficient (Wildman–Crippen LogP) is 3.14. The second-order valence-electron chi connectivity index (χ2n) is 4.40. The Labute approximate surface area is 130 Å². The lowest BCUT2D eigenvalue weighted by molar-refractivity contribution is 0.0713. The first-order valence-electron chi connectivity index (χ1n) is 6.41. The summed E-state index contributed by atoms with van der Waals surface area (Å²) in [5.41, 5.74) is 0.918. The van der Waals surface area contributed by atoms with E-state index in [9.17, 15) is 0 Å². The Morgan fingerprint density at radius 2 is 2.00 bits per heavy atom. The maximum atomic E-state index is 6.20. The van der Waals surface area contributed by atoms with Crippen LogP contribution < -0.4 is 10.1 Å². The highest BCUT2D eigenvalue weighted by Gasteiger charge is 2.12. The predicted molar refractivity (Wildman–Crippen MR) is 82.0 cm³/mol. The van der Waals surface area contributed by atoms with E-state index in [1.165, 1.54) is 0 Å². The molecule has 0 spiro atoms. The number of methoxy groups -OCH3 is 2. The molecule has 114 valence electrons. The molecule has 0 bridgehead atoms. The molecule has 0 aliphatic carbocycles. The van der Waals surface area contributed by atoms with Crippen LogP contribution in [0.2, 0.25) is 10.0 Å². The molecule has 0 aliphatic rings. The Hall–Kier alpha value is -0.520. The molecule has 0 heterocycles. The van der Waals surface area contributed by atoms with E-state index in [2.05, 4.69) is 5.32 Å². The highest BCUT2D eigenvalue weighted by Crippen LogP contribution is 2.32. The summed E-state index contributed by atoms with van der Waals surface area (Å²) in [7, 11) is 3.31. The van der Waals surface area contributed by atoms with Gasteiger partial charge in [-0.05, 0) is 19.1 Å². The van der Waals surface area contributed by atoms with Crippen molar-refractivity contribution in [1.82, 2.24) is 5.32 Å². The molecule has 1 N–H and O–H groups in total. The van der Waals surface area contributed by atoms with Crippen molar-refractivity contribution in [3.63, 3.8) is 0 Å². The van der Waals surface area contributed by atoms with Crippen molar-refractivity contribution in [1.29, 1.82) is 0 Å². The number of benzene rings is 1. The Bertz CT molecular complexity index is 416. The quantitative estimate of drug-likeness (QED) is 0.709. The average Bonchev–Trinajstić information content (AvgIpc) is 2.42. The first-order chi connectivity index (χ1) is 9.58. The first-order valence-corrected chi connectivity index (χ1v) is 7.17. The van der Waals surface area contributed by atoms with Gasteiger partial charge < -0.3 is 19.5 Å². The van der Waals surface area contributed by atoms with Crippen molar-refractivity contribution >= 4 is 23.2 Å². The molecule has 20 heavy (non-hydrogen) atoms. The standard InChI is InChI=1S/C14H21Cl2NO3/c1-10(19-3)9-20-14-11(8-17-4-5-18-2)6-12(15)7-13(14)16/h6-7,10,17H,4-5,8-9H2,1-3H3. The number of halogens is 2. The average molecular weight is 322 g/mol. The number of ether oxygens (including phenoxy) is 3. The minimum atomic E-state index is -0.00366. The van der Waals surface area contributed by atoms with Crippen LogP contribution in [-0.4, -0.2) is 40.1 Å². The third-order valence-electron chi connectivity index (χ3n) is 2.75. The van der Waals surface area contributed by atoms with Gasteiger partial charge in [0.2, 0.25) is 0 Å². The molecule has 0 fully saturated rings. The fourth-order valence-corrected chi connectivity index (χ4v) is 2.16. The highest BCUT2D eigenvalue weighted by molar-refractivity contribution is 6.35. The third-order valence-corrected chi connectivity index (χ3v) is 3.25. The van der Waals surface area contributed by atoms with Gasteiger partial charge in [0.15, 0.2) is 0 Å². The van der Waals surface area contributed by atoms with Crippen LogP contribution >= 0.6 is 23.2 Å². The summed E-state index contributed by atoms with van der Waals surface area (Å²) in [5.74, 6) is 0.643. The Balaban J connectivity index is 2.73. The first kappa shape index (κ1) is 17.5. The van der Waals surface area contributed by atoms with E-state index in [0.29, 0.717) is 35.6 Å². The molecule has 1 unspecified atom stereocenters. The Morgan fingerprint density at radius 3 is 2.65 bits per heavy atom. The molecule has 1 aromatic carbocycles. The monoisotopic (exact) mass is 321 g/mol. The summed E-state index contributed by atoms with van der Waals surface area (Å²) in [6.07, 6.45) is -0.00366. The van der Waals surface area contributed by atoms with Crippen LogP contribution in [0, 0.1) is 0 Å². The summed E-state index contributed by atoms with van der Waals surface area (Å²) in [4.78, 5) is 0. The van der Waals surface area contributed by atoms with Gasteiger partial charge in [0.25, 0.3) is 0 Å². The SMILES string of the molecule is COCCNCc1cc(Cl)cc(Cl)c1OCC(C)OC. The van der Waals surface area contributed by atoms with Gasteiger partial charge in [-0.2, -0.15) is 0 Å². The normalized spacial score (nSPS) is 12.4. The summed E-state index contributed by atoms with van der Waals surface area (Å²) < 4.78 is 15.9. The van der Waals surface area contributed by atoms with Gasteiger partial charge in [-0.1, -0.05) is 23.2 Å². The van der Waals surface area contributed by atoms with E-state index in [-0.39, 0.29) is 6.10 Å². The largest absolute Gasteiger partial charge is 0.489 e. The van der Waals surface area contributed by atoms with Gasteiger partial charge in [-0.15, -0.1) is 0 Å². The molecule has 0 amide bonds. The number of hydrogen-bond donors (Lipinski definition) is 1. The molecule has 1 atom stereocenters. The fraction of sp³-hybridized carbons (Fsp3) is 0.571. The lowest BCUT2D eigenvalue weighted by Crippen LogP contribution is -2.20. The zero-order valence-electron chi connectivity index (χ0n) is 12.0. The summed E-state index contributed by atoms with van der Waals surface area (Å²) in [5, 5.41) is 4.34. The van der Waals surface area contributed by atoms with Crippen LogP contribution in [0.1, 0.15) is 12.5 Å². The summed E-state index contributed by atoms with van der Waals surface area (Å²) in [6, 6.07) is 3.52. The van der Waals surface area contributed by atoms with Crippen molar-refractivity contribution in [3.8, 4) is 5.75 Å². The van der Waals surface area contributed by atoms with Crippen LogP contribution in [0.4, 0.5) is 0 Å². The summed E-state index contributed by atoms with van der Waals surface area (Å²) >= 11 is 12.2. The maximum absolute atomic E-state index is 6.20. The van der Waals surface area contributed by atoms with Gasteiger partial charge in [-0.25, -0.2) is 0 Å². The molecular formula is C14H21Cl2NO3. The Morgan fingerprint density at radius 1 is 1.25 bits per heavy atom. The zero-order valence-corrected chi connectivity index (χ0v) is 13.6. The topological polar surface area (TPSA) is 39.7 Å². The van der Waals surface area contributed by atoms with Crippen LogP contribution in [0.5, 0.6) is 5.75 Å². The van der Waals surface area contributed by atoms with Crippen molar-refractivity contribution in [2.75, 3.05) is 34.0 Å². The second-order valence-corrected chi connectivity index (χ2v) is 5.25. The fourth-order valence-electron chi connectivity index (χ4n) is 1.57. The summed E-state index contributed by atoms with van der Waals surface area (Å²) in [6.45, 7) is 4.36. The van der Waals surface area contributed by atoms with Crippen molar-refractivity contribution in [3.05, 3.63) is 27.7 Å². The van der Waals surface area contributed by atoms with Crippen molar-refractivity contribution in [2.24, 2.45) is 0 Å². The second kappa shape index (κ2) is 9.42. The molecule has 6 heteroatoms. The zero-order chi connectivity index (χ0) is 15.0. The third kappa shape index (κ3) is 5.85. The van der Waals surface area contributed by atoms with Gasteiger partial charge in [0.1, 0.15) is 12.4 Å². The minimum absolute atomic E-state index is 0.00366. The van der Waals surface area contributed by atoms with Crippen molar-refractivity contribution < 1.29 is 14.2 Å².